The summed E-state index contributed by atoms with van der Waals surface area (Å²) >= 11 is 3.49. The molecule has 4 nitrogen and oxygen atoms in total. The van der Waals surface area contributed by atoms with Crippen molar-refractivity contribution in [2.75, 3.05) is 12.4 Å². The van der Waals surface area contributed by atoms with Gasteiger partial charge in [0, 0.05) is 22.9 Å². The first kappa shape index (κ1) is 11.6. The normalized spacial score (nSPS) is 14.6. The lowest BCUT2D eigenvalue weighted by Gasteiger charge is -2.13. The van der Waals surface area contributed by atoms with E-state index in [9.17, 15) is 0 Å². The van der Waals surface area contributed by atoms with Crippen LogP contribution >= 0.6 is 15.9 Å². The van der Waals surface area contributed by atoms with E-state index in [1.54, 1.807) is 13.3 Å². The number of hydrogen-bond donors (Lipinski definition) is 1. The number of nitrogens with one attached hydrogen (secondary N) is 1. The van der Waals surface area contributed by atoms with E-state index in [0.29, 0.717) is 6.04 Å². The smallest absolute Gasteiger partial charge is 0.207 e. The highest BCUT2D eigenvalue weighted by atomic mass is 79.9. The quantitative estimate of drug-likeness (QED) is 0.942. The highest BCUT2D eigenvalue weighted by Crippen LogP contribution is 2.30. The molecule has 1 aliphatic carbocycles. The molecule has 0 saturated heterocycles. The molecule has 1 aromatic heterocycles. The van der Waals surface area contributed by atoms with Crippen molar-refractivity contribution in [3.63, 3.8) is 0 Å². The van der Waals surface area contributed by atoms with Crippen molar-refractivity contribution in [3.05, 3.63) is 35.1 Å². The van der Waals surface area contributed by atoms with Gasteiger partial charge < -0.3 is 10.1 Å². The van der Waals surface area contributed by atoms with Crippen LogP contribution < -0.4 is 10.1 Å². The second kappa shape index (κ2) is 4.65. The fraction of sp³-hybridized carbons (Fsp3) is 0.308. The lowest BCUT2D eigenvalue weighted by molar-refractivity contribution is 0.413. The molecule has 0 amide bonds. The zero-order chi connectivity index (χ0) is 12.5. The molecular weight excluding hydrogens is 294 g/mol. The molecule has 0 radical (unpaired) electrons. The molecule has 94 valence electrons. The molecule has 5 heteroatoms. The van der Waals surface area contributed by atoms with Gasteiger partial charge in [0.15, 0.2) is 0 Å². The molecule has 0 spiro atoms. The van der Waals surface area contributed by atoms with Crippen LogP contribution in [0, 0.1) is 0 Å². The van der Waals surface area contributed by atoms with Crippen LogP contribution in [0.15, 0.2) is 35.1 Å². The molecule has 2 aromatic rings. The summed E-state index contributed by atoms with van der Waals surface area (Å²) in [6.45, 7) is 0. The fourth-order valence-electron chi connectivity index (χ4n) is 1.87. The van der Waals surface area contributed by atoms with E-state index < -0.39 is 0 Å². The molecular formula is C13H14BrN3O. The van der Waals surface area contributed by atoms with E-state index in [1.807, 2.05) is 29.0 Å². The maximum Gasteiger partial charge on any atom is 0.207 e. The number of aromatic nitrogens is 2. The van der Waals surface area contributed by atoms with Crippen molar-refractivity contribution in [1.82, 2.24) is 9.55 Å². The van der Waals surface area contributed by atoms with Crippen molar-refractivity contribution in [2.24, 2.45) is 0 Å². The van der Waals surface area contributed by atoms with E-state index >= 15 is 0 Å². The van der Waals surface area contributed by atoms with Crippen LogP contribution in [0.3, 0.4) is 0 Å². The van der Waals surface area contributed by atoms with Crippen molar-refractivity contribution in [3.8, 4) is 11.4 Å². The minimum atomic E-state index is 0.573. The van der Waals surface area contributed by atoms with Gasteiger partial charge in [-0.3, -0.25) is 4.57 Å². The molecule has 1 heterocycles. The van der Waals surface area contributed by atoms with Crippen LogP contribution in [-0.2, 0) is 0 Å². The van der Waals surface area contributed by atoms with Gasteiger partial charge in [-0.1, -0.05) is 15.9 Å². The number of imidazole rings is 1. The fourth-order valence-corrected chi connectivity index (χ4v) is 2.22. The van der Waals surface area contributed by atoms with Crippen LogP contribution in [-0.4, -0.2) is 22.7 Å². The van der Waals surface area contributed by atoms with Crippen molar-refractivity contribution in [2.45, 2.75) is 18.9 Å². The number of benzene rings is 1. The zero-order valence-electron chi connectivity index (χ0n) is 10.1. The van der Waals surface area contributed by atoms with E-state index in [1.165, 1.54) is 12.8 Å². The average Bonchev–Trinajstić information content (AvgIpc) is 3.06. The van der Waals surface area contributed by atoms with Gasteiger partial charge in [-0.05, 0) is 31.0 Å². The van der Waals surface area contributed by atoms with Crippen LogP contribution in [0.25, 0.3) is 5.69 Å². The van der Waals surface area contributed by atoms with Crippen LogP contribution in [0.1, 0.15) is 12.8 Å². The first-order valence-corrected chi connectivity index (χ1v) is 6.71. The van der Waals surface area contributed by atoms with E-state index in [-0.39, 0.29) is 0 Å². The van der Waals surface area contributed by atoms with E-state index in [0.717, 1.165) is 21.9 Å². The van der Waals surface area contributed by atoms with Gasteiger partial charge >= 0.3 is 0 Å². The van der Waals surface area contributed by atoms with Crippen molar-refractivity contribution in [1.29, 1.82) is 0 Å². The third-order valence-electron chi connectivity index (χ3n) is 2.95. The molecule has 1 aliphatic rings. The van der Waals surface area contributed by atoms with Gasteiger partial charge in [0.05, 0.1) is 12.8 Å². The predicted octanol–water partition coefficient (Wildman–Crippen LogP) is 3.22. The summed E-state index contributed by atoms with van der Waals surface area (Å²) in [4.78, 5) is 4.36. The van der Waals surface area contributed by atoms with E-state index in [2.05, 4.69) is 26.2 Å². The summed E-state index contributed by atoms with van der Waals surface area (Å²) in [5, 5.41) is 3.41. The first-order chi connectivity index (χ1) is 8.78. The molecule has 0 unspecified atom stereocenters. The maximum absolute atomic E-state index is 5.40. The Kier molecular flexibility index (Phi) is 2.99. The zero-order valence-corrected chi connectivity index (χ0v) is 11.6. The second-order valence-electron chi connectivity index (χ2n) is 4.36. The molecule has 1 N–H and O–H groups in total. The Morgan fingerprint density at radius 2 is 2.28 bits per heavy atom. The third-order valence-corrected chi connectivity index (χ3v) is 3.45. The van der Waals surface area contributed by atoms with Gasteiger partial charge in [-0.15, -0.1) is 0 Å². The molecule has 3 rings (SSSR count). The largest absolute Gasteiger partial charge is 0.495 e. The molecule has 18 heavy (non-hydrogen) atoms. The number of hydrogen-bond acceptors (Lipinski definition) is 3. The summed E-state index contributed by atoms with van der Waals surface area (Å²) in [5.74, 6) is 1.70. The van der Waals surface area contributed by atoms with Gasteiger partial charge in [-0.2, -0.15) is 0 Å². The summed E-state index contributed by atoms with van der Waals surface area (Å²) in [5.41, 5.74) is 0.979. The highest BCUT2D eigenvalue weighted by molar-refractivity contribution is 9.10. The number of methoxy groups -OCH3 is 1. The third kappa shape index (κ3) is 2.22. The Morgan fingerprint density at radius 3 is 3.00 bits per heavy atom. The highest BCUT2D eigenvalue weighted by Gasteiger charge is 2.23. The monoisotopic (exact) mass is 307 g/mol. The average molecular weight is 308 g/mol. The van der Waals surface area contributed by atoms with Crippen LogP contribution in [0.5, 0.6) is 5.75 Å². The van der Waals surface area contributed by atoms with Gasteiger partial charge in [0.2, 0.25) is 5.95 Å². The molecule has 0 atom stereocenters. The Bertz CT molecular complexity index is 563. The molecule has 1 fully saturated rings. The summed E-state index contributed by atoms with van der Waals surface area (Å²) in [7, 11) is 1.68. The second-order valence-corrected chi connectivity index (χ2v) is 5.27. The molecule has 0 aliphatic heterocycles. The lowest BCUT2D eigenvalue weighted by atomic mass is 10.3. The van der Waals surface area contributed by atoms with Crippen molar-refractivity contribution >= 4 is 21.9 Å². The SMILES string of the molecule is COc1ccc(Br)cc1-n1ccnc1NC1CC1. The molecule has 0 bridgehead atoms. The maximum atomic E-state index is 5.40. The van der Waals surface area contributed by atoms with E-state index in [4.69, 9.17) is 4.74 Å². The van der Waals surface area contributed by atoms with Crippen LogP contribution in [0.2, 0.25) is 0 Å². The lowest BCUT2D eigenvalue weighted by Crippen LogP contribution is -2.08. The Balaban J connectivity index is 2.02. The first-order valence-electron chi connectivity index (χ1n) is 5.92. The Labute approximate surface area is 114 Å². The number of ether oxygens (including phenoxy) is 1. The van der Waals surface area contributed by atoms with Gasteiger partial charge in [0.25, 0.3) is 0 Å². The summed E-state index contributed by atoms with van der Waals surface area (Å²) in [6.07, 6.45) is 6.19. The van der Waals surface area contributed by atoms with Crippen molar-refractivity contribution < 1.29 is 4.74 Å². The number of halogens is 1. The Hall–Kier alpha value is -1.49. The topological polar surface area (TPSA) is 39.1 Å². The summed E-state index contributed by atoms with van der Waals surface area (Å²) < 4.78 is 8.44. The predicted molar refractivity (Wildman–Crippen MR) is 74.5 cm³/mol. The van der Waals surface area contributed by atoms with Crippen LogP contribution in [0.4, 0.5) is 5.95 Å². The van der Waals surface area contributed by atoms with Gasteiger partial charge in [0.1, 0.15) is 5.75 Å². The molecule has 1 aromatic carbocycles. The standard InChI is InChI=1S/C13H14BrN3O/c1-18-12-5-2-9(14)8-11(12)17-7-6-15-13(17)16-10-3-4-10/h2,5-8,10H,3-4H2,1H3,(H,15,16). The number of nitrogens with zero attached hydrogens (tertiary/aromatic N) is 2. The Morgan fingerprint density at radius 1 is 1.44 bits per heavy atom. The minimum absolute atomic E-state index is 0.573. The van der Waals surface area contributed by atoms with Gasteiger partial charge in [-0.25, -0.2) is 4.98 Å². The minimum Gasteiger partial charge on any atom is -0.495 e. The molecule has 1 saturated carbocycles. The number of anilines is 1. The summed E-state index contributed by atoms with van der Waals surface area (Å²) in [6, 6.07) is 6.51. The number of rotatable bonds is 4.